The van der Waals surface area contributed by atoms with Crippen LogP contribution >= 0.6 is 0 Å². The van der Waals surface area contributed by atoms with Crippen LogP contribution in [0.15, 0.2) is 0 Å². The summed E-state index contributed by atoms with van der Waals surface area (Å²) in [6, 6.07) is 0. The Labute approximate surface area is 59.5 Å². The average molecular weight is 152 g/mol. The van der Waals surface area contributed by atoms with Gasteiger partial charge in [-0.2, -0.15) is 0 Å². The lowest BCUT2D eigenvalue weighted by Crippen LogP contribution is -2.14. The molecule has 0 fully saturated rings. The normalized spacial score (nSPS) is 8.40. The second-order valence-electron chi connectivity index (χ2n) is 1.10. The zero-order valence-corrected chi connectivity index (χ0v) is 6.23. The van der Waals surface area contributed by atoms with Gasteiger partial charge in [-0.3, -0.25) is 4.79 Å². The molecule has 0 amide bonds. The molecule has 0 aromatic heterocycles. The Hall–Kier alpha value is -0.650. The minimum Gasteiger partial charge on any atom is -0.483 e. The summed E-state index contributed by atoms with van der Waals surface area (Å²) in [5.41, 5.74) is 0. The molecule has 0 heterocycles. The number of rotatable bonds is 3. The fourth-order valence-electron chi connectivity index (χ4n) is 0.289. The summed E-state index contributed by atoms with van der Waals surface area (Å²) in [5.74, 6) is 0. The van der Waals surface area contributed by atoms with Gasteiger partial charge in [0.25, 0.3) is 12.9 Å². The van der Waals surface area contributed by atoms with Crippen molar-refractivity contribution in [2.75, 3.05) is 21.3 Å². The first-order chi connectivity index (χ1) is 4.76. The van der Waals surface area contributed by atoms with Gasteiger partial charge in [0.15, 0.2) is 0 Å². The maximum atomic E-state index is 8.36. The van der Waals surface area contributed by atoms with Crippen LogP contribution < -0.4 is 0 Å². The Kier molecular flexibility index (Phi) is 13.5. The molecule has 0 aliphatic rings. The fourth-order valence-corrected chi connectivity index (χ4v) is 0.289. The predicted molar refractivity (Wildman–Crippen MR) is 33.5 cm³/mol. The summed E-state index contributed by atoms with van der Waals surface area (Å²) in [5, 5.41) is 6.89. The molecule has 0 aliphatic carbocycles. The van der Waals surface area contributed by atoms with Gasteiger partial charge >= 0.3 is 0 Å². The summed E-state index contributed by atoms with van der Waals surface area (Å²) < 4.78 is 13.8. The Morgan fingerprint density at radius 2 is 1.40 bits per heavy atom. The number of carboxylic acid groups (broad SMARTS) is 1. The zero-order valence-electron chi connectivity index (χ0n) is 6.23. The van der Waals surface area contributed by atoms with Crippen LogP contribution in [-0.4, -0.2) is 39.4 Å². The van der Waals surface area contributed by atoms with Crippen molar-refractivity contribution in [3.8, 4) is 0 Å². The van der Waals surface area contributed by atoms with Crippen LogP contribution in [0.3, 0.4) is 0 Å². The van der Waals surface area contributed by atoms with Crippen molar-refractivity contribution < 1.29 is 24.1 Å². The van der Waals surface area contributed by atoms with Gasteiger partial charge in [-0.25, -0.2) is 0 Å². The molecular weight excluding hydrogens is 140 g/mol. The molecular formula is C5H12O5. The van der Waals surface area contributed by atoms with E-state index in [2.05, 4.69) is 14.2 Å². The van der Waals surface area contributed by atoms with Gasteiger partial charge in [-0.15, -0.1) is 0 Å². The van der Waals surface area contributed by atoms with E-state index in [9.17, 15) is 0 Å². The summed E-state index contributed by atoms with van der Waals surface area (Å²) in [6.07, 6.45) is 0. The highest BCUT2D eigenvalue weighted by molar-refractivity contribution is 5.32. The minimum atomic E-state index is -0.514. The molecule has 0 aliphatic heterocycles. The molecule has 0 saturated carbocycles. The van der Waals surface area contributed by atoms with Gasteiger partial charge in [0, 0.05) is 21.3 Å². The van der Waals surface area contributed by atoms with Gasteiger partial charge in [0.2, 0.25) is 0 Å². The standard InChI is InChI=1S/C4H10O3.CH2O2/c1-5-4(6-2)7-3;2-1-3/h4H,1-3H3;1H,(H,2,3). The molecule has 5 heteroatoms. The average Bonchev–Trinajstić information content (AvgIpc) is 1.93. The molecule has 62 valence electrons. The number of methoxy groups -OCH3 is 3. The van der Waals surface area contributed by atoms with Crippen LogP contribution in [-0.2, 0) is 19.0 Å². The van der Waals surface area contributed by atoms with Crippen molar-refractivity contribution in [3.63, 3.8) is 0 Å². The molecule has 0 spiro atoms. The van der Waals surface area contributed by atoms with Crippen molar-refractivity contribution >= 4 is 6.47 Å². The Morgan fingerprint density at radius 1 is 1.20 bits per heavy atom. The van der Waals surface area contributed by atoms with E-state index in [1.54, 1.807) is 0 Å². The maximum absolute atomic E-state index is 8.36. The van der Waals surface area contributed by atoms with E-state index in [0.717, 1.165) is 0 Å². The smallest absolute Gasteiger partial charge is 0.290 e. The van der Waals surface area contributed by atoms with Crippen molar-refractivity contribution in [2.45, 2.75) is 6.48 Å². The molecule has 0 atom stereocenters. The number of ether oxygens (including phenoxy) is 3. The first-order valence-electron chi connectivity index (χ1n) is 2.43. The van der Waals surface area contributed by atoms with E-state index in [1.165, 1.54) is 21.3 Å². The maximum Gasteiger partial charge on any atom is 0.290 e. The summed E-state index contributed by atoms with van der Waals surface area (Å²) in [4.78, 5) is 8.36. The quantitative estimate of drug-likeness (QED) is 0.452. The first-order valence-corrected chi connectivity index (χ1v) is 2.43. The van der Waals surface area contributed by atoms with Crippen molar-refractivity contribution in [2.24, 2.45) is 0 Å². The van der Waals surface area contributed by atoms with Crippen LogP contribution in [0.25, 0.3) is 0 Å². The molecule has 0 aromatic rings. The van der Waals surface area contributed by atoms with Gasteiger partial charge in [-0.05, 0) is 0 Å². The lowest BCUT2D eigenvalue weighted by molar-refractivity contribution is -0.252. The van der Waals surface area contributed by atoms with Crippen LogP contribution in [0.1, 0.15) is 0 Å². The van der Waals surface area contributed by atoms with Crippen LogP contribution in [0.4, 0.5) is 0 Å². The van der Waals surface area contributed by atoms with Gasteiger partial charge in [0.05, 0.1) is 0 Å². The monoisotopic (exact) mass is 152 g/mol. The summed E-state index contributed by atoms with van der Waals surface area (Å²) in [6.45, 7) is -0.764. The first kappa shape index (κ1) is 12.1. The third-order valence-corrected chi connectivity index (χ3v) is 0.577. The van der Waals surface area contributed by atoms with E-state index in [4.69, 9.17) is 9.90 Å². The molecule has 0 radical (unpaired) electrons. The highest BCUT2D eigenvalue weighted by atomic mass is 16.8. The van der Waals surface area contributed by atoms with Crippen LogP contribution in [0, 0.1) is 0 Å². The van der Waals surface area contributed by atoms with Crippen molar-refractivity contribution in [1.29, 1.82) is 0 Å². The third kappa shape index (κ3) is 10.4. The molecule has 1 N–H and O–H groups in total. The lowest BCUT2D eigenvalue weighted by atomic mass is 11.2. The van der Waals surface area contributed by atoms with E-state index < -0.39 is 6.48 Å². The van der Waals surface area contributed by atoms with Crippen molar-refractivity contribution in [1.82, 2.24) is 0 Å². The highest BCUT2D eigenvalue weighted by Crippen LogP contribution is 1.87. The van der Waals surface area contributed by atoms with Gasteiger partial charge < -0.3 is 19.3 Å². The van der Waals surface area contributed by atoms with Gasteiger partial charge in [0.1, 0.15) is 0 Å². The van der Waals surface area contributed by atoms with E-state index in [1.807, 2.05) is 0 Å². The molecule has 0 aromatic carbocycles. The Balaban J connectivity index is 0. The summed E-state index contributed by atoms with van der Waals surface area (Å²) in [7, 11) is 4.53. The largest absolute Gasteiger partial charge is 0.483 e. The molecule has 5 nitrogen and oxygen atoms in total. The van der Waals surface area contributed by atoms with Crippen LogP contribution in [0.5, 0.6) is 0 Å². The second kappa shape index (κ2) is 11.2. The summed E-state index contributed by atoms with van der Waals surface area (Å²) >= 11 is 0. The topological polar surface area (TPSA) is 65.0 Å². The molecule has 0 saturated heterocycles. The van der Waals surface area contributed by atoms with E-state index in [-0.39, 0.29) is 6.47 Å². The highest BCUT2D eigenvalue weighted by Gasteiger charge is 1.96. The number of hydrogen-bond donors (Lipinski definition) is 1. The van der Waals surface area contributed by atoms with E-state index in [0.29, 0.717) is 0 Å². The molecule has 0 unspecified atom stereocenters. The Bertz CT molecular complexity index is 55.5. The van der Waals surface area contributed by atoms with Crippen LogP contribution in [0.2, 0.25) is 0 Å². The van der Waals surface area contributed by atoms with Gasteiger partial charge in [-0.1, -0.05) is 0 Å². The lowest BCUT2D eigenvalue weighted by Gasteiger charge is -2.08. The van der Waals surface area contributed by atoms with E-state index >= 15 is 0 Å². The minimum absolute atomic E-state index is 0.250. The van der Waals surface area contributed by atoms with Crippen molar-refractivity contribution in [3.05, 3.63) is 0 Å². The molecule has 10 heavy (non-hydrogen) atoms. The SMILES string of the molecule is COC(OC)OC.O=CO. The predicted octanol–water partition coefficient (Wildman–Crippen LogP) is -0.0900. The Morgan fingerprint density at radius 3 is 1.40 bits per heavy atom. The molecule has 0 rings (SSSR count). The third-order valence-electron chi connectivity index (χ3n) is 0.577. The number of carbonyl (C=O) groups is 1. The second-order valence-corrected chi connectivity index (χ2v) is 1.10. The number of hydrogen-bond acceptors (Lipinski definition) is 4. The fraction of sp³-hybridized carbons (Fsp3) is 0.800. The zero-order chi connectivity index (χ0) is 8.41. The molecule has 0 bridgehead atoms.